The summed E-state index contributed by atoms with van der Waals surface area (Å²) in [5.74, 6) is 1.26. The highest BCUT2D eigenvalue weighted by molar-refractivity contribution is 6.62. The predicted molar refractivity (Wildman–Crippen MR) is 467 cm³/mol. The molecule has 0 unspecified atom stereocenters. The van der Waals surface area contributed by atoms with Crippen molar-refractivity contribution in [2.75, 3.05) is 11.5 Å². The largest absolute Gasteiger partial charge is 0.494 e. The van der Waals surface area contributed by atoms with Gasteiger partial charge in [0.15, 0.2) is 11.4 Å². The number of hydrogen-bond donors (Lipinski definition) is 2. The number of anilines is 2. The minimum absolute atomic E-state index is 0.346. The Balaban J connectivity index is 0.000000141. The molecule has 0 bridgehead atoms. The van der Waals surface area contributed by atoms with Crippen molar-refractivity contribution in [1.29, 1.82) is 0 Å². The molecule has 0 aromatic heterocycles. The number of ether oxygens (including phenoxy) is 2. The van der Waals surface area contributed by atoms with Crippen LogP contribution in [-0.4, -0.2) is 18.3 Å². The van der Waals surface area contributed by atoms with Crippen molar-refractivity contribution < 1.29 is 18.8 Å². The number of hydrogen-bond acceptors (Lipinski definition) is 6. The molecule has 1 fully saturated rings. The van der Waals surface area contributed by atoms with Crippen LogP contribution in [0.15, 0.2) is 364 Å². The molecule has 1 saturated heterocycles. The molecule has 0 saturated carbocycles. The highest BCUT2D eigenvalue weighted by Gasteiger charge is 2.51. The summed E-state index contributed by atoms with van der Waals surface area (Å²) in [7, 11) is -0.351. The van der Waals surface area contributed by atoms with E-state index in [1.54, 1.807) is 6.07 Å². The summed E-state index contributed by atoms with van der Waals surface area (Å²) >= 11 is 6.31. The third-order valence-corrected chi connectivity index (χ3v) is 21.2. The summed E-state index contributed by atoms with van der Waals surface area (Å²) in [6.45, 7) is 23.4. The first-order valence-corrected chi connectivity index (χ1v) is 37.7. The maximum atomic E-state index is 7.20. The van der Waals surface area contributed by atoms with Crippen molar-refractivity contribution in [2.45, 2.75) is 52.1 Å². The molecule has 1 aliphatic heterocycles. The number of halogens is 1. The molecular formula is C102H80BClN4O4. The third kappa shape index (κ3) is 17.0. The fourth-order valence-corrected chi connectivity index (χ4v) is 14.1. The van der Waals surface area contributed by atoms with E-state index >= 15 is 0 Å². The summed E-state index contributed by atoms with van der Waals surface area (Å²) in [4.78, 5) is 6.96. The van der Waals surface area contributed by atoms with Gasteiger partial charge < -0.3 is 30.2 Å². The molecule has 16 aromatic carbocycles. The molecule has 0 atom stereocenters. The molecule has 542 valence electrons. The Labute approximate surface area is 661 Å². The van der Waals surface area contributed by atoms with Gasteiger partial charge in [-0.1, -0.05) is 333 Å². The molecule has 4 N–H and O–H groups in total. The van der Waals surface area contributed by atoms with Crippen LogP contribution in [-0.2, 0) is 22.5 Å². The van der Waals surface area contributed by atoms with Gasteiger partial charge in [-0.15, -0.1) is 0 Å². The maximum absolute atomic E-state index is 7.20. The van der Waals surface area contributed by atoms with Crippen LogP contribution >= 0.6 is 11.6 Å². The van der Waals surface area contributed by atoms with Crippen molar-refractivity contribution in [3.8, 4) is 112 Å². The molecule has 10 heteroatoms. The van der Waals surface area contributed by atoms with Gasteiger partial charge in [0.05, 0.1) is 35.7 Å². The third-order valence-electron chi connectivity index (χ3n) is 21.0. The van der Waals surface area contributed by atoms with Gasteiger partial charge in [0.2, 0.25) is 0 Å². The molecule has 16 aromatic rings. The van der Waals surface area contributed by atoms with E-state index in [1.165, 1.54) is 49.5 Å². The van der Waals surface area contributed by atoms with Crippen molar-refractivity contribution in [2.24, 2.45) is 0 Å². The van der Waals surface area contributed by atoms with Gasteiger partial charge in [-0.2, -0.15) is 0 Å². The van der Waals surface area contributed by atoms with E-state index in [4.69, 9.17) is 55.0 Å². The summed E-state index contributed by atoms with van der Waals surface area (Å²) < 4.78 is 24.9. The lowest BCUT2D eigenvalue weighted by Gasteiger charge is -2.32. The second-order valence-electron chi connectivity index (χ2n) is 28.9. The maximum Gasteiger partial charge on any atom is 0.494 e. The molecule has 0 amide bonds. The van der Waals surface area contributed by atoms with E-state index in [9.17, 15) is 0 Å². The minimum atomic E-state index is -0.351. The van der Waals surface area contributed by atoms with E-state index in [-0.39, 0.29) is 18.3 Å². The average molecular weight is 1470 g/mol. The fraction of sp³-hybridized carbons (Fsp3) is 0.0784. The molecule has 0 radical (unpaired) electrons. The topological polar surface area (TPSA) is 97.7 Å². The smallest absolute Gasteiger partial charge is 0.487 e. The summed E-state index contributed by atoms with van der Waals surface area (Å²) in [6, 6.07) is 124. The average Bonchev–Trinajstić information content (AvgIpc) is 1.62. The van der Waals surface area contributed by atoms with Gasteiger partial charge in [0.25, 0.3) is 0 Å². The standard InChI is InChI=1S/C48H34N2O.C29H26BNO2.C25H20ClNO/c1-50-45-26-24-37(25-27-45)36-16-18-38(19-17-36)40-20-21-42-29-43(23-22-41(42)28-40)44-30-46(39-10-6-3-7-11-39)48(49)47(31-44)51-32-33-12-14-35(15-13-33)34-8-4-2-5-9-34;1-28(2)29(3,4)33-30(32-28)26-15-12-24-18-23(10-11-25(24)19-26)22-8-6-20(7-9-22)21-13-16-27(31-5)17-14-21;26-22-15-23(21-9-5-2-6-10-21)25(27)24(16-22)28-17-18-11-13-20(14-12-18)19-7-3-1-4-8-19/h2-31H,32,49H2;6-19H,1-4H3;1-16H,17,27H2. The lowest BCUT2D eigenvalue weighted by atomic mass is 9.78. The zero-order valence-corrected chi connectivity index (χ0v) is 63.4. The number of fused-ring (bicyclic) bond motifs is 2. The SMILES string of the molecule is Nc1c(OCc2ccc(-c3ccccc3)cc2)cc(Cl)cc1-c1ccccc1.[C-]#[N+]c1ccc(-c2ccc(-c3ccc4cc(-c5cc(OCc6ccc(-c7ccccc7)cc6)c(N)c(-c6ccccc6)c5)ccc4c3)cc2)cc1.[C-]#[N+]c1ccc(-c2ccc(-c3ccc4cc(B5OC(C)(C)C(C)(C)O5)ccc4c3)cc2)cc1. The van der Waals surface area contributed by atoms with Crippen LogP contribution < -0.4 is 26.4 Å². The van der Waals surface area contributed by atoms with Gasteiger partial charge in [0, 0.05) is 22.2 Å². The summed E-state index contributed by atoms with van der Waals surface area (Å²) in [5, 5.41) is 5.28. The highest BCUT2D eigenvalue weighted by Crippen LogP contribution is 2.43. The Morgan fingerprint density at radius 1 is 0.304 bits per heavy atom. The molecule has 0 aliphatic carbocycles. The van der Waals surface area contributed by atoms with Gasteiger partial charge in [0.1, 0.15) is 24.7 Å². The quantitative estimate of drug-likeness (QED) is 0.0568. The van der Waals surface area contributed by atoms with Gasteiger partial charge >= 0.3 is 7.12 Å². The normalized spacial score (nSPS) is 12.5. The van der Waals surface area contributed by atoms with Crippen molar-refractivity contribution in [3.63, 3.8) is 0 Å². The number of rotatable bonds is 16. The van der Waals surface area contributed by atoms with Crippen LogP contribution in [0.2, 0.25) is 5.02 Å². The molecule has 1 aliphatic rings. The number of nitrogen functional groups attached to an aromatic ring is 2. The Kier molecular flexibility index (Phi) is 21.9. The Hall–Kier alpha value is -13.5. The monoisotopic (exact) mass is 1470 g/mol. The van der Waals surface area contributed by atoms with Crippen LogP contribution in [0.1, 0.15) is 38.8 Å². The molecule has 17 rings (SSSR count). The summed E-state index contributed by atoms with van der Waals surface area (Å²) in [6.07, 6.45) is 0. The molecular weight excluding hydrogens is 1390 g/mol. The van der Waals surface area contributed by atoms with E-state index in [2.05, 4.69) is 268 Å². The molecule has 8 nitrogen and oxygen atoms in total. The second kappa shape index (κ2) is 33.1. The highest BCUT2D eigenvalue weighted by atomic mass is 35.5. The van der Waals surface area contributed by atoms with Crippen LogP contribution in [0.5, 0.6) is 11.5 Å². The van der Waals surface area contributed by atoms with Crippen molar-refractivity contribution >= 4 is 68.5 Å². The fourth-order valence-electron chi connectivity index (χ4n) is 13.8. The van der Waals surface area contributed by atoms with Gasteiger partial charge in [-0.25, -0.2) is 9.69 Å². The zero-order valence-electron chi connectivity index (χ0n) is 62.7. The first kappa shape index (κ1) is 74.0. The Morgan fingerprint density at radius 3 is 0.964 bits per heavy atom. The van der Waals surface area contributed by atoms with Crippen molar-refractivity contribution in [1.82, 2.24) is 0 Å². The van der Waals surface area contributed by atoms with Crippen molar-refractivity contribution in [3.05, 3.63) is 403 Å². The number of benzene rings is 16. The predicted octanol–water partition coefficient (Wildman–Crippen LogP) is 26.7. The van der Waals surface area contributed by atoms with E-state index in [0.29, 0.717) is 52.5 Å². The number of nitrogens with zero attached hydrogens (tertiary/aromatic N) is 2. The lowest BCUT2D eigenvalue weighted by Crippen LogP contribution is -2.41. The lowest BCUT2D eigenvalue weighted by molar-refractivity contribution is 0.00578. The minimum Gasteiger partial charge on any atom is -0.487 e. The van der Waals surface area contributed by atoms with E-state index in [0.717, 1.165) is 88.7 Å². The molecule has 0 spiro atoms. The Morgan fingerprint density at radius 2 is 0.589 bits per heavy atom. The van der Waals surface area contributed by atoms with Gasteiger partial charge in [-0.05, 0) is 191 Å². The molecule has 1 heterocycles. The summed E-state index contributed by atoms with van der Waals surface area (Å²) in [5.41, 5.74) is 38.1. The zero-order chi connectivity index (χ0) is 77.1. The number of nitrogens with two attached hydrogens (primary N) is 2. The van der Waals surface area contributed by atoms with E-state index in [1.807, 2.05) is 127 Å². The van der Waals surface area contributed by atoms with Crippen LogP contribution in [0.4, 0.5) is 22.7 Å². The second-order valence-corrected chi connectivity index (χ2v) is 29.3. The van der Waals surface area contributed by atoms with E-state index < -0.39 is 0 Å². The van der Waals surface area contributed by atoms with Gasteiger partial charge in [-0.3, -0.25) is 0 Å². The molecule has 112 heavy (non-hydrogen) atoms. The first-order valence-electron chi connectivity index (χ1n) is 37.4. The van der Waals surface area contributed by atoms with Crippen LogP contribution in [0.25, 0.3) is 131 Å². The Bertz CT molecular complexity index is 6060. The van der Waals surface area contributed by atoms with Crippen LogP contribution in [0.3, 0.4) is 0 Å². The first-order chi connectivity index (χ1) is 54.6. The van der Waals surface area contributed by atoms with Crippen LogP contribution in [0, 0.1) is 13.1 Å².